The SMILES string of the molecule is Cn1nnc(Br)c1C(N)C1COCCN1C(=O)OC(C)(C)C. The minimum Gasteiger partial charge on any atom is -0.444 e. The van der Waals surface area contributed by atoms with Crippen LogP contribution in [0.4, 0.5) is 4.79 Å². The van der Waals surface area contributed by atoms with Crippen molar-refractivity contribution in [2.45, 2.75) is 38.5 Å². The van der Waals surface area contributed by atoms with Gasteiger partial charge in [0.25, 0.3) is 0 Å². The zero-order valence-electron chi connectivity index (χ0n) is 13.2. The fraction of sp³-hybridized carbons (Fsp3) is 0.769. The molecule has 0 aliphatic carbocycles. The fourth-order valence-corrected chi connectivity index (χ4v) is 2.93. The number of hydrogen-bond donors (Lipinski definition) is 1. The topological polar surface area (TPSA) is 95.5 Å². The summed E-state index contributed by atoms with van der Waals surface area (Å²) >= 11 is 3.34. The Morgan fingerprint density at radius 2 is 2.23 bits per heavy atom. The summed E-state index contributed by atoms with van der Waals surface area (Å²) in [4.78, 5) is 14.0. The number of morpholine rings is 1. The Hall–Kier alpha value is -1.19. The smallest absolute Gasteiger partial charge is 0.410 e. The van der Waals surface area contributed by atoms with Crippen molar-refractivity contribution in [3.8, 4) is 0 Å². The number of carbonyl (C=O) groups is 1. The molecule has 2 heterocycles. The highest BCUT2D eigenvalue weighted by atomic mass is 79.9. The van der Waals surface area contributed by atoms with Crippen molar-refractivity contribution in [1.82, 2.24) is 19.9 Å². The maximum atomic E-state index is 12.4. The number of carbonyl (C=O) groups excluding carboxylic acids is 1. The molecule has 9 heteroatoms. The quantitative estimate of drug-likeness (QED) is 0.834. The monoisotopic (exact) mass is 375 g/mol. The molecule has 1 aliphatic rings. The Morgan fingerprint density at radius 3 is 2.77 bits per heavy atom. The van der Waals surface area contributed by atoms with Crippen LogP contribution in [0, 0.1) is 0 Å². The molecule has 0 spiro atoms. The van der Waals surface area contributed by atoms with Crippen LogP contribution in [0.5, 0.6) is 0 Å². The van der Waals surface area contributed by atoms with E-state index in [4.69, 9.17) is 15.2 Å². The van der Waals surface area contributed by atoms with Gasteiger partial charge in [-0.05, 0) is 36.7 Å². The third-order valence-electron chi connectivity index (χ3n) is 3.35. The van der Waals surface area contributed by atoms with Gasteiger partial charge in [0.05, 0.1) is 31.0 Å². The van der Waals surface area contributed by atoms with Crippen LogP contribution in [0.1, 0.15) is 32.5 Å². The van der Waals surface area contributed by atoms with Gasteiger partial charge in [0.15, 0.2) is 4.60 Å². The summed E-state index contributed by atoms with van der Waals surface area (Å²) in [7, 11) is 1.76. The third-order valence-corrected chi connectivity index (χ3v) is 3.92. The van der Waals surface area contributed by atoms with Crippen LogP contribution in [0.2, 0.25) is 0 Å². The molecule has 1 fully saturated rings. The van der Waals surface area contributed by atoms with Crippen molar-refractivity contribution in [3.63, 3.8) is 0 Å². The molecule has 2 unspecified atom stereocenters. The number of aromatic nitrogens is 3. The van der Waals surface area contributed by atoms with Gasteiger partial charge < -0.3 is 15.2 Å². The molecule has 124 valence electrons. The first-order chi connectivity index (χ1) is 10.2. The molecule has 1 aromatic rings. The normalized spacial score (nSPS) is 20.8. The minimum atomic E-state index is -0.557. The summed E-state index contributed by atoms with van der Waals surface area (Å²) < 4.78 is 13.1. The number of rotatable bonds is 2. The average Bonchev–Trinajstić information content (AvgIpc) is 2.75. The van der Waals surface area contributed by atoms with Crippen molar-refractivity contribution >= 4 is 22.0 Å². The zero-order valence-corrected chi connectivity index (χ0v) is 14.8. The van der Waals surface area contributed by atoms with Crippen LogP contribution in [-0.4, -0.2) is 57.4 Å². The molecule has 22 heavy (non-hydrogen) atoms. The summed E-state index contributed by atoms with van der Waals surface area (Å²) in [6.45, 7) is 6.76. The first-order valence-corrected chi connectivity index (χ1v) is 7.88. The maximum Gasteiger partial charge on any atom is 0.410 e. The molecular weight excluding hydrogens is 354 g/mol. The van der Waals surface area contributed by atoms with Gasteiger partial charge in [-0.2, -0.15) is 0 Å². The average molecular weight is 376 g/mol. The lowest BCUT2D eigenvalue weighted by molar-refractivity contribution is -0.0387. The van der Waals surface area contributed by atoms with E-state index in [-0.39, 0.29) is 12.1 Å². The summed E-state index contributed by atoms with van der Waals surface area (Å²) in [5, 5.41) is 7.86. The van der Waals surface area contributed by atoms with Crippen LogP contribution >= 0.6 is 15.9 Å². The van der Waals surface area contributed by atoms with Crippen LogP contribution < -0.4 is 5.73 Å². The van der Waals surface area contributed by atoms with Gasteiger partial charge in [0.1, 0.15) is 5.60 Å². The van der Waals surface area contributed by atoms with Crippen LogP contribution in [0.15, 0.2) is 4.60 Å². The Balaban J connectivity index is 2.21. The van der Waals surface area contributed by atoms with E-state index in [1.807, 2.05) is 20.8 Å². The van der Waals surface area contributed by atoms with Crippen LogP contribution in [0.3, 0.4) is 0 Å². The summed E-state index contributed by atoms with van der Waals surface area (Å²) in [5.74, 6) is 0. The molecule has 1 aliphatic heterocycles. The van der Waals surface area contributed by atoms with Crippen molar-refractivity contribution in [1.29, 1.82) is 0 Å². The second kappa shape index (κ2) is 6.51. The van der Waals surface area contributed by atoms with E-state index in [9.17, 15) is 4.79 Å². The first kappa shape index (κ1) is 17.2. The van der Waals surface area contributed by atoms with E-state index in [1.54, 1.807) is 16.6 Å². The van der Waals surface area contributed by atoms with Gasteiger partial charge in [-0.15, -0.1) is 5.10 Å². The molecule has 0 bridgehead atoms. The molecule has 1 saturated heterocycles. The van der Waals surface area contributed by atoms with Gasteiger partial charge in [-0.25, -0.2) is 9.48 Å². The maximum absolute atomic E-state index is 12.4. The van der Waals surface area contributed by atoms with E-state index in [0.29, 0.717) is 30.1 Å². The lowest BCUT2D eigenvalue weighted by Crippen LogP contribution is -2.54. The molecule has 2 rings (SSSR count). The van der Waals surface area contributed by atoms with Gasteiger partial charge >= 0.3 is 6.09 Å². The van der Waals surface area contributed by atoms with Gasteiger partial charge in [-0.3, -0.25) is 4.90 Å². The lowest BCUT2D eigenvalue weighted by Gasteiger charge is -2.39. The molecule has 8 nitrogen and oxygen atoms in total. The fourth-order valence-electron chi connectivity index (χ4n) is 2.34. The number of hydrogen-bond acceptors (Lipinski definition) is 6. The minimum absolute atomic E-state index is 0.336. The predicted octanol–water partition coefficient (Wildman–Crippen LogP) is 1.21. The van der Waals surface area contributed by atoms with E-state index in [0.717, 1.165) is 0 Å². The Morgan fingerprint density at radius 1 is 1.55 bits per heavy atom. The number of aryl methyl sites for hydroxylation is 1. The molecule has 1 aromatic heterocycles. The second-order valence-electron chi connectivity index (χ2n) is 6.23. The standard InChI is InChI=1S/C13H22BrN5O3/c1-13(2,3)22-12(20)19-5-6-21-7-8(19)9(15)10-11(14)16-17-18(10)4/h8-9H,5-7,15H2,1-4H3. The van der Waals surface area contributed by atoms with E-state index < -0.39 is 11.6 Å². The van der Waals surface area contributed by atoms with E-state index in [1.165, 1.54) is 0 Å². The van der Waals surface area contributed by atoms with Gasteiger partial charge in [-0.1, -0.05) is 5.21 Å². The largest absolute Gasteiger partial charge is 0.444 e. The van der Waals surface area contributed by atoms with E-state index in [2.05, 4.69) is 26.2 Å². The van der Waals surface area contributed by atoms with Crippen LogP contribution in [0.25, 0.3) is 0 Å². The third kappa shape index (κ3) is 3.76. The highest BCUT2D eigenvalue weighted by molar-refractivity contribution is 9.10. The second-order valence-corrected chi connectivity index (χ2v) is 6.98. The predicted molar refractivity (Wildman–Crippen MR) is 83.2 cm³/mol. The van der Waals surface area contributed by atoms with Crippen molar-refractivity contribution in [2.75, 3.05) is 19.8 Å². The molecule has 2 N–H and O–H groups in total. The van der Waals surface area contributed by atoms with Crippen molar-refractivity contribution in [3.05, 3.63) is 10.3 Å². The Kier molecular flexibility index (Phi) is 5.08. The van der Waals surface area contributed by atoms with Crippen LogP contribution in [-0.2, 0) is 16.5 Å². The van der Waals surface area contributed by atoms with Gasteiger partial charge in [0.2, 0.25) is 0 Å². The highest BCUT2D eigenvalue weighted by Crippen LogP contribution is 2.26. The molecule has 1 amide bonds. The van der Waals surface area contributed by atoms with E-state index >= 15 is 0 Å². The van der Waals surface area contributed by atoms with Gasteiger partial charge in [0, 0.05) is 13.6 Å². The number of ether oxygens (including phenoxy) is 2. The summed E-state index contributed by atoms with van der Waals surface area (Å²) in [5.41, 5.74) is 6.50. The molecule has 0 saturated carbocycles. The summed E-state index contributed by atoms with van der Waals surface area (Å²) in [6, 6.07) is -0.820. The molecule has 2 atom stereocenters. The number of amides is 1. The zero-order chi connectivity index (χ0) is 16.5. The lowest BCUT2D eigenvalue weighted by atomic mass is 10.0. The number of nitrogens with zero attached hydrogens (tertiary/aromatic N) is 4. The summed E-state index contributed by atoms with van der Waals surface area (Å²) in [6.07, 6.45) is -0.387. The first-order valence-electron chi connectivity index (χ1n) is 7.08. The number of nitrogens with two attached hydrogens (primary N) is 1. The Bertz CT molecular complexity index is 523. The van der Waals surface area contributed by atoms with Crippen molar-refractivity contribution in [2.24, 2.45) is 12.8 Å². The molecular formula is C13H22BrN5O3. The highest BCUT2D eigenvalue weighted by Gasteiger charge is 2.37. The Labute approximate surface area is 138 Å². The number of halogens is 1. The molecule has 0 radical (unpaired) electrons. The van der Waals surface area contributed by atoms with Crippen molar-refractivity contribution < 1.29 is 14.3 Å². The molecule has 0 aromatic carbocycles.